The minimum atomic E-state index is -1.35. The van der Waals surface area contributed by atoms with Crippen molar-refractivity contribution in [3.8, 4) is 0 Å². The van der Waals surface area contributed by atoms with Crippen LogP contribution >= 0.6 is 0 Å². The third kappa shape index (κ3) is 2.82. The molecule has 0 aliphatic heterocycles. The number of ether oxygens (including phenoxy) is 1. The molecule has 0 saturated carbocycles. The summed E-state index contributed by atoms with van der Waals surface area (Å²) in [7, 11) is 0. The lowest BCUT2D eigenvalue weighted by molar-refractivity contribution is -0.386. The highest BCUT2D eigenvalue weighted by atomic mass is 16.6. The van der Waals surface area contributed by atoms with Crippen molar-refractivity contribution in [1.29, 1.82) is 0 Å². The first kappa shape index (κ1) is 15.6. The molecule has 2 aromatic heterocycles. The van der Waals surface area contributed by atoms with Crippen molar-refractivity contribution in [2.45, 2.75) is 20.0 Å². The van der Waals surface area contributed by atoms with Crippen molar-refractivity contribution in [3.63, 3.8) is 0 Å². The number of carbonyl (C=O) groups is 1. The lowest BCUT2D eigenvalue weighted by atomic mass is 10.1. The van der Waals surface area contributed by atoms with Crippen LogP contribution in [0.3, 0.4) is 0 Å². The summed E-state index contributed by atoms with van der Waals surface area (Å²) < 4.78 is 5.58. The van der Waals surface area contributed by atoms with E-state index in [1.54, 1.807) is 25.3 Å². The second-order valence-corrected chi connectivity index (χ2v) is 4.57. The highest BCUT2D eigenvalue weighted by Crippen LogP contribution is 2.36. The van der Waals surface area contributed by atoms with Crippen LogP contribution in [0, 0.1) is 17.0 Å². The summed E-state index contributed by atoms with van der Waals surface area (Å²) >= 11 is 0. The van der Waals surface area contributed by atoms with Gasteiger partial charge in [0.05, 0.1) is 4.92 Å². The van der Waals surface area contributed by atoms with Gasteiger partial charge < -0.3 is 14.8 Å². The van der Waals surface area contributed by atoms with E-state index in [0.29, 0.717) is 12.2 Å². The van der Waals surface area contributed by atoms with E-state index in [1.807, 2.05) is 0 Å². The molecule has 2 aromatic rings. The van der Waals surface area contributed by atoms with Crippen molar-refractivity contribution >= 4 is 11.7 Å². The summed E-state index contributed by atoms with van der Waals surface area (Å²) in [4.78, 5) is 28.7. The molecule has 0 bridgehead atoms. The molecule has 2 heterocycles. The third-order valence-electron chi connectivity index (χ3n) is 3.17. The number of nitro groups is 1. The van der Waals surface area contributed by atoms with Gasteiger partial charge in [-0.1, -0.05) is 6.07 Å². The van der Waals surface area contributed by atoms with Gasteiger partial charge in [-0.25, -0.2) is 4.79 Å². The van der Waals surface area contributed by atoms with Crippen LogP contribution < -0.4 is 0 Å². The van der Waals surface area contributed by atoms with E-state index < -0.39 is 22.7 Å². The molecule has 1 unspecified atom stereocenters. The van der Waals surface area contributed by atoms with Crippen LogP contribution in [-0.4, -0.2) is 32.6 Å². The normalized spacial score (nSPS) is 12.1. The zero-order valence-corrected chi connectivity index (χ0v) is 12.1. The zero-order chi connectivity index (χ0) is 16.3. The van der Waals surface area contributed by atoms with Gasteiger partial charge in [0.25, 0.3) is 0 Å². The van der Waals surface area contributed by atoms with Crippen LogP contribution in [0.25, 0.3) is 0 Å². The Bertz CT molecular complexity index is 696. The summed E-state index contributed by atoms with van der Waals surface area (Å²) in [6, 6.07) is 3.40. The fourth-order valence-electron chi connectivity index (χ4n) is 2.32. The largest absolute Gasteiger partial charge is 0.477 e. The van der Waals surface area contributed by atoms with Gasteiger partial charge in [0, 0.05) is 30.3 Å². The van der Waals surface area contributed by atoms with Crippen LogP contribution in [0.5, 0.6) is 0 Å². The molecule has 0 fully saturated rings. The van der Waals surface area contributed by atoms with E-state index in [0.717, 1.165) is 0 Å². The van der Waals surface area contributed by atoms with Gasteiger partial charge in [-0.3, -0.25) is 15.1 Å². The lowest BCUT2D eigenvalue weighted by Crippen LogP contribution is -2.10. The molecule has 0 aliphatic rings. The number of nitrogens with zero attached hydrogens (tertiary/aromatic N) is 2. The fraction of sp³-hybridized carbons (Fsp3) is 0.286. The third-order valence-corrected chi connectivity index (χ3v) is 3.17. The number of aromatic nitrogens is 2. The number of hydrogen-bond donors (Lipinski definition) is 2. The number of H-pyrrole nitrogens is 1. The minimum Gasteiger partial charge on any atom is -0.477 e. The Balaban J connectivity index is 2.65. The second kappa shape index (κ2) is 6.35. The number of aryl methyl sites for hydroxylation is 1. The predicted molar refractivity (Wildman–Crippen MR) is 76.8 cm³/mol. The van der Waals surface area contributed by atoms with Crippen molar-refractivity contribution in [2.75, 3.05) is 6.61 Å². The van der Waals surface area contributed by atoms with Gasteiger partial charge in [-0.15, -0.1) is 0 Å². The summed E-state index contributed by atoms with van der Waals surface area (Å²) in [5, 5.41) is 20.6. The summed E-state index contributed by atoms with van der Waals surface area (Å²) in [6.45, 7) is 3.53. The number of aromatic carboxylic acids is 1. The predicted octanol–water partition coefficient (Wildman–Crippen LogP) is 2.45. The molecular formula is C14H15N3O5. The molecule has 116 valence electrons. The molecule has 0 spiro atoms. The number of carboxylic acid groups (broad SMARTS) is 1. The first-order chi connectivity index (χ1) is 10.5. The molecule has 8 heteroatoms. The molecule has 0 saturated heterocycles. The lowest BCUT2D eigenvalue weighted by Gasteiger charge is -2.15. The van der Waals surface area contributed by atoms with Crippen LogP contribution in [0.4, 0.5) is 5.69 Å². The van der Waals surface area contributed by atoms with E-state index in [4.69, 9.17) is 4.74 Å². The summed E-state index contributed by atoms with van der Waals surface area (Å²) in [5.74, 6) is -1.35. The van der Waals surface area contributed by atoms with E-state index >= 15 is 0 Å². The van der Waals surface area contributed by atoms with Gasteiger partial charge in [-0.2, -0.15) is 0 Å². The maximum Gasteiger partial charge on any atom is 0.344 e. The van der Waals surface area contributed by atoms with Crippen molar-refractivity contribution < 1.29 is 19.6 Å². The second-order valence-electron chi connectivity index (χ2n) is 4.57. The molecule has 1 atom stereocenters. The van der Waals surface area contributed by atoms with Crippen LogP contribution in [0.1, 0.15) is 40.3 Å². The van der Waals surface area contributed by atoms with Crippen molar-refractivity contribution in [2.24, 2.45) is 0 Å². The van der Waals surface area contributed by atoms with Crippen molar-refractivity contribution in [3.05, 3.63) is 57.2 Å². The quantitative estimate of drug-likeness (QED) is 0.625. The number of carboxylic acids is 1. The summed E-state index contributed by atoms with van der Waals surface area (Å²) in [6.07, 6.45) is 2.32. The number of rotatable bonds is 6. The average molecular weight is 305 g/mol. The molecule has 22 heavy (non-hydrogen) atoms. The molecule has 2 rings (SSSR count). The zero-order valence-electron chi connectivity index (χ0n) is 12.1. The van der Waals surface area contributed by atoms with Crippen LogP contribution in [0.15, 0.2) is 24.5 Å². The maximum absolute atomic E-state index is 11.4. The van der Waals surface area contributed by atoms with E-state index in [2.05, 4.69) is 9.97 Å². The first-order valence-electron chi connectivity index (χ1n) is 6.59. The van der Waals surface area contributed by atoms with Crippen LogP contribution in [0.2, 0.25) is 0 Å². The van der Waals surface area contributed by atoms with E-state index in [-0.39, 0.29) is 17.0 Å². The number of pyridine rings is 1. The first-order valence-corrected chi connectivity index (χ1v) is 6.59. The Kier molecular flexibility index (Phi) is 4.52. The topological polar surface area (TPSA) is 118 Å². The smallest absolute Gasteiger partial charge is 0.344 e. The molecular weight excluding hydrogens is 290 g/mol. The molecule has 0 aromatic carbocycles. The average Bonchev–Trinajstić information content (AvgIpc) is 2.83. The van der Waals surface area contributed by atoms with Gasteiger partial charge in [0.15, 0.2) is 5.56 Å². The van der Waals surface area contributed by atoms with Crippen molar-refractivity contribution in [1.82, 2.24) is 9.97 Å². The Morgan fingerprint density at radius 2 is 2.32 bits per heavy atom. The number of nitrogens with one attached hydrogen (secondary N) is 1. The van der Waals surface area contributed by atoms with Crippen LogP contribution in [-0.2, 0) is 4.74 Å². The Hall–Kier alpha value is -2.74. The fourth-order valence-corrected chi connectivity index (χ4v) is 2.32. The minimum absolute atomic E-state index is 0.106. The standard InChI is InChI=1S/C14H15N3O5/c1-3-22-13(9-5-4-6-15-7-9)11-12(17(20)21)10(14(18)19)8(2)16-11/h4-7,13,16H,3H2,1-2H3,(H,18,19). The SMILES string of the molecule is CCOC(c1cccnc1)c1[nH]c(C)c(C(=O)O)c1[N+](=O)[O-]. The van der Waals surface area contributed by atoms with E-state index in [1.165, 1.54) is 13.1 Å². The molecule has 0 amide bonds. The Morgan fingerprint density at radius 1 is 1.59 bits per heavy atom. The Morgan fingerprint density at radius 3 is 2.82 bits per heavy atom. The molecule has 0 radical (unpaired) electrons. The van der Waals surface area contributed by atoms with Gasteiger partial charge in [-0.05, 0) is 19.9 Å². The highest BCUT2D eigenvalue weighted by molar-refractivity contribution is 5.94. The number of aromatic amines is 1. The molecule has 0 aliphatic carbocycles. The van der Waals surface area contributed by atoms with Gasteiger partial charge in [0.1, 0.15) is 11.8 Å². The highest BCUT2D eigenvalue weighted by Gasteiger charge is 2.34. The number of hydrogen-bond acceptors (Lipinski definition) is 5. The van der Waals surface area contributed by atoms with Gasteiger partial charge >= 0.3 is 11.7 Å². The molecule has 8 nitrogen and oxygen atoms in total. The molecule has 2 N–H and O–H groups in total. The summed E-state index contributed by atoms with van der Waals surface area (Å²) in [5.41, 5.74) is 0.0871. The Labute approximate surface area is 125 Å². The maximum atomic E-state index is 11.4. The van der Waals surface area contributed by atoms with Gasteiger partial charge in [0.2, 0.25) is 0 Å². The van der Waals surface area contributed by atoms with E-state index in [9.17, 15) is 20.0 Å². The monoisotopic (exact) mass is 305 g/mol.